The summed E-state index contributed by atoms with van der Waals surface area (Å²) in [7, 11) is 1.56. The molecular formula is C22H17Cl2NO5. The lowest BCUT2D eigenvalue weighted by Gasteiger charge is -2.31. The molecule has 1 atom stereocenters. The van der Waals surface area contributed by atoms with Crippen molar-refractivity contribution in [2.24, 2.45) is 0 Å². The molecule has 0 saturated carbocycles. The van der Waals surface area contributed by atoms with Crippen LogP contribution in [0.3, 0.4) is 0 Å². The third-order valence-electron chi connectivity index (χ3n) is 4.66. The van der Waals surface area contributed by atoms with Gasteiger partial charge in [-0.1, -0.05) is 35.3 Å². The number of nitrogens with zero attached hydrogens (tertiary/aromatic N) is 1. The first kappa shape index (κ1) is 21.6. The second-order valence-electron chi connectivity index (χ2n) is 6.61. The van der Waals surface area contributed by atoms with Gasteiger partial charge in [-0.15, -0.1) is 0 Å². The van der Waals surface area contributed by atoms with Crippen LogP contribution >= 0.6 is 23.2 Å². The second kappa shape index (κ2) is 8.73. The Morgan fingerprint density at radius 1 is 0.933 bits per heavy atom. The molecule has 30 heavy (non-hydrogen) atoms. The molecule has 0 N–H and O–H groups in total. The van der Waals surface area contributed by atoms with Crippen LogP contribution in [-0.2, 0) is 10.3 Å². The van der Waals surface area contributed by atoms with Crippen molar-refractivity contribution >= 4 is 34.9 Å². The van der Waals surface area contributed by atoms with Crippen LogP contribution in [0.15, 0.2) is 66.7 Å². The number of ether oxygens (including phenoxy) is 2. The van der Waals surface area contributed by atoms with Crippen molar-refractivity contribution in [3.63, 3.8) is 0 Å². The maximum atomic E-state index is 12.9. The van der Waals surface area contributed by atoms with Crippen molar-refractivity contribution in [3.05, 3.63) is 104 Å². The number of rotatable bonds is 6. The monoisotopic (exact) mass is 445 g/mol. The van der Waals surface area contributed by atoms with Gasteiger partial charge in [0, 0.05) is 33.3 Å². The molecule has 0 amide bonds. The summed E-state index contributed by atoms with van der Waals surface area (Å²) >= 11 is 12.4. The summed E-state index contributed by atoms with van der Waals surface area (Å²) in [6.07, 6.45) is 0. The lowest BCUT2D eigenvalue weighted by atomic mass is 9.87. The Kier molecular flexibility index (Phi) is 6.29. The minimum atomic E-state index is -1.24. The maximum absolute atomic E-state index is 12.9. The first-order chi connectivity index (χ1) is 14.2. The van der Waals surface area contributed by atoms with E-state index in [1.165, 1.54) is 24.3 Å². The molecule has 0 aliphatic rings. The fourth-order valence-electron chi connectivity index (χ4n) is 2.99. The molecule has 0 aliphatic heterocycles. The van der Waals surface area contributed by atoms with E-state index in [0.29, 0.717) is 26.9 Å². The highest BCUT2D eigenvalue weighted by atomic mass is 35.5. The number of hydrogen-bond donors (Lipinski definition) is 0. The number of methoxy groups -OCH3 is 1. The molecular weight excluding hydrogens is 429 g/mol. The molecule has 154 valence electrons. The Morgan fingerprint density at radius 2 is 1.50 bits per heavy atom. The summed E-state index contributed by atoms with van der Waals surface area (Å²) in [4.78, 5) is 23.2. The van der Waals surface area contributed by atoms with Crippen molar-refractivity contribution in [1.82, 2.24) is 0 Å². The van der Waals surface area contributed by atoms with Crippen molar-refractivity contribution < 1.29 is 19.2 Å². The molecule has 0 aromatic heterocycles. The number of halogens is 2. The largest absolute Gasteiger partial charge is 0.497 e. The number of hydrogen-bond acceptors (Lipinski definition) is 5. The zero-order chi connectivity index (χ0) is 21.9. The molecule has 0 saturated heterocycles. The van der Waals surface area contributed by atoms with Crippen molar-refractivity contribution in [2.45, 2.75) is 12.5 Å². The van der Waals surface area contributed by atoms with E-state index in [4.69, 9.17) is 32.7 Å². The van der Waals surface area contributed by atoms with E-state index in [1.807, 2.05) is 0 Å². The number of carbonyl (C=O) groups excluding carboxylic acids is 1. The van der Waals surface area contributed by atoms with E-state index in [0.717, 1.165) is 0 Å². The van der Waals surface area contributed by atoms with Gasteiger partial charge in [-0.2, -0.15) is 0 Å². The minimum Gasteiger partial charge on any atom is -0.497 e. The quantitative estimate of drug-likeness (QED) is 0.262. The van der Waals surface area contributed by atoms with Crippen LogP contribution in [0.4, 0.5) is 5.69 Å². The average molecular weight is 446 g/mol. The smallest absolute Gasteiger partial charge is 0.339 e. The van der Waals surface area contributed by atoms with E-state index < -0.39 is 16.5 Å². The van der Waals surface area contributed by atoms with Gasteiger partial charge >= 0.3 is 5.97 Å². The summed E-state index contributed by atoms with van der Waals surface area (Å²) in [5.41, 5.74) is 0.0523. The lowest BCUT2D eigenvalue weighted by molar-refractivity contribution is -0.384. The van der Waals surface area contributed by atoms with Gasteiger partial charge in [0.05, 0.1) is 17.6 Å². The summed E-state index contributed by atoms with van der Waals surface area (Å²) in [6.45, 7) is 1.72. The summed E-state index contributed by atoms with van der Waals surface area (Å²) < 4.78 is 11.1. The van der Waals surface area contributed by atoms with Crippen LogP contribution in [0.2, 0.25) is 10.0 Å². The Bertz CT molecular complexity index is 1060. The highest BCUT2D eigenvalue weighted by Crippen LogP contribution is 2.37. The van der Waals surface area contributed by atoms with Crippen molar-refractivity contribution in [2.75, 3.05) is 7.11 Å². The van der Waals surface area contributed by atoms with Gasteiger partial charge in [0.25, 0.3) is 5.69 Å². The number of esters is 1. The van der Waals surface area contributed by atoms with Gasteiger partial charge in [0.1, 0.15) is 5.75 Å². The average Bonchev–Trinajstić information content (AvgIpc) is 2.73. The molecule has 3 rings (SSSR count). The molecule has 0 heterocycles. The first-order valence-electron chi connectivity index (χ1n) is 8.82. The number of non-ortho nitro benzene ring substituents is 1. The molecule has 3 aromatic carbocycles. The topological polar surface area (TPSA) is 78.7 Å². The van der Waals surface area contributed by atoms with Crippen LogP contribution in [-0.4, -0.2) is 18.0 Å². The number of nitro benzene ring substituents is 1. The number of carbonyl (C=O) groups is 1. The highest BCUT2D eigenvalue weighted by Gasteiger charge is 2.34. The van der Waals surface area contributed by atoms with Crippen LogP contribution in [0, 0.1) is 10.1 Å². The predicted molar refractivity (Wildman–Crippen MR) is 114 cm³/mol. The normalized spacial score (nSPS) is 12.7. The van der Waals surface area contributed by atoms with E-state index >= 15 is 0 Å². The molecule has 0 aliphatic carbocycles. The summed E-state index contributed by atoms with van der Waals surface area (Å²) in [6, 6.07) is 17.2. The molecule has 0 fully saturated rings. The molecule has 0 spiro atoms. The fraction of sp³-hybridized carbons (Fsp3) is 0.136. The van der Waals surface area contributed by atoms with E-state index in [2.05, 4.69) is 0 Å². The third kappa shape index (κ3) is 4.56. The Hall–Kier alpha value is -3.09. The number of nitro groups is 1. The predicted octanol–water partition coefficient (Wildman–Crippen LogP) is 6.03. The van der Waals surface area contributed by atoms with Crippen LogP contribution in [0.25, 0.3) is 0 Å². The molecule has 6 nitrogen and oxygen atoms in total. The number of benzene rings is 3. The highest BCUT2D eigenvalue weighted by molar-refractivity contribution is 6.34. The van der Waals surface area contributed by atoms with E-state index in [1.54, 1.807) is 56.5 Å². The van der Waals surface area contributed by atoms with Gasteiger partial charge in [0.2, 0.25) is 0 Å². The van der Waals surface area contributed by atoms with Gasteiger partial charge in [-0.25, -0.2) is 4.79 Å². The molecule has 0 radical (unpaired) electrons. The maximum Gasteiger partial charge on any atom is 0.339 e. The summed E-state index contributed by atoms with van der Waals surface area (Å²) in [5.74, 6) is -0.00811. The minimum absolute atomic E-state index is 0.119. The fourth-order valence-corrected chi connectivity index (χ4v) is 3.51. The first-order valence-corrected chi connectivity index (χ1v) is 9.57. The van der Waals surface area contributed by atoms with E-state index in [9.17, 15) is 14.9 Å². The van der Waals surface area contributed by atoms with Crippen LogP contribution < -0.4 is 4.74 Å². The van der Waals surface area contributed by atoms with Gasteiger partial charge in [0.15, 0.2) is 5.60 Å². The van der Waals surface area contributed by atoms with Gasteiger partial charge in [-0.05, 0) is 49.4 Å². The Balaban J connectivity index is 2.04. The molecule has 0 bridgehead atoms. The van der Waals surface area contributed by atoms with Crippen LogP contribution in [0.5, 0.6) is 5.75 Å². The Morgan fingerprint density at radius 3 is 2.00 bits per heavy atom. The van der Waals surface area contributed by atoms with Crippen molar-refractivity contribution in [3.8, 4) is 5.75 Å². The molecule has 8 heteroatoms. The third-order valence-corrected chi connectivity index (χ3v) is 5.10. The molecule has 1 unspecified atom stereocenters. The second-order valence-corrected chi connectivity index (χ2v) is 7.49. The van der Waals surface area contributed by atoms with Crippen LogP contribution in [0.1, 0.15) is 28.4 Å². The van der Waals surface area contributed by atoms with Crippen molar-refractivity contribution in [1.29, 1.82) is 0 Å². The van der Waals surface area contributed by atoms with E-state index in [-0.39, 0.29) is 11.3 Å². The Labute approximate surface area is 183 Å². The van der Waals surface area contributed by atoms with Gasteiger partial charge in [-0.3, -0.25) is 10.1 Å². The summed E-state index contributed by atoms with van der Waals surface area (Å²) in [5, 5.41) is 11.6. The SMILES string of the molecule is COc1ccc(C(C)(OC(=O)c2ccc([N+](=O)[O-])cc2)c2cc(Cl)cc(Cl)c2)cc1. The lowest BCUT2D eigenvalue weighted by Crippen LogP contribution is -2.30. The van der Waals surface area contributed by atoms with Gasteiger partial charge < -0.3 is 9.47 Å². The molecule has 3 aromatic rings. The standard InChI is InChI=1S/C22H17Cl2NO5/c1-22(15-5-9-20(29-2)10-6-15,16-11-17(23)13-18(24)12-16)30-21(26)14-3-7-19(8-4-14)25(27)28/h3-13H,1-2H3. The zero-order valence-electron chi connectivity index (χ0n) is 16.1. The zero-order valence-corrected chi connectivity index (χ0v) is 17.6.